The lowest BCUT2D eigenvalue weighted by Crippen LogP contribution is -2.02. The number of nitrogens with zero attached hydrogens (tertiary/aromatic N) is 1. The minimum Gasteiger partial charge on any atom is -0.497 e. The lowest BCUT2D eigenvalue weighted by Gasteiger charge is -2.02. The van der Waals surface area contributed by atoms with Crippen LogP contribution in [0.5, 0.6) is 0 Å². The molecule has 0 spiro atoms. The molecular formula is C20H27N3O3. The van der Waals surface area contributed by atoms with Gasteiger partial charge in [0.15, 0.2) is 0 Å². The first-order chi connectivity index (χ1) is 12.3. The van der Waals surface area contributed by atoms with E-state index in [0.29, 0.717) is 18.1 Å². The Morgan fingerprint density at radius 3 is 2.42 bits per heavy atom. The van der Waals surface area contributed by atoms with E-state index >= 15 is 0 Å². The molecular weight excluding hydrogens is 330 g/mol. The molecule has 0 aliphatic rings. The van der Waals surface area contributed by atoms with Crippen LogP contribution in [0.1, 0.15) is 23.7 Å². The first-order valence-electron chi connectivity index (χ1n) is 7.87. The Bertz CT molecular complexity index is 687. The van der Waals surface area contributed by atoms with Crippen molar-refractivity contribution >= 4 is 17.4 Å². The van der Waals surface area contributed by atoms with Crippen molar-refractivity contribution in [3.8, 4) is 0 Å². The van der Waals surface area contributed by atoms with Gasteiger partial charge in [-0.25, -0.2) is 4.79 Å². The van der Waals surface area contributed by atoms with Crippen LogP contribution in [-0.4, -0.2) is 30.6 Å². The first kappa shape index (κ1) is 22.9. The number of rotatable bonds is 8. The second-order valence-electron chi connectivity index (χ2n) is 5.07. The van der Waals surface area contributed by atoms with Gasteiger partial charge in [-0.1, -0.05) is 24.8 Å². The zero-order chi connectivity index (χ0) is 19.9. The van der Waals surface area contributed by atoms with E-state index in [1.807, 2.05) is 25.2 Å². The summed E-state index contributed by atoms with van der Waals surface area (Å²) in [5.41, 5.74) is 13.5. The molecule has 0 bridgehead atoms. The van der Waals surface area contributed by atoms with E-state index in [1.165, 1.54) is 12.1 Å². The quantitative estimate of drug-likeness (QED) is 0.217. The minimum absolute atomic E-state index is 0.259. The maximum atomic E-state index is 10.3. The lowest BCUT2D eigenvalue weighted by atomic mass is 10.1. The largest absolute Gasteiger partial charge is 0.497 e. The number of hydrogen-bond acceptors (Lipinski definition) is 5. The molecule has 0 unspecified atom stereocenters. The predicted molar refractivity (Wildman–Crippen MR) is 108 cm³/mol. The monoisotopic (exact) mass is 357 g/mol. The summed E-state index contributed by atoms with van der Waals surface area (Å²) in [4.78, 5) is 14.4. The highest BCUT2D eigenvalue weighted by atomic mass is 16.5. The van der Waals surface area contributed by atoms with Crippen molar-refractivity contribution < 1.29 is 14.6 Å². The number of carbonyl (C=O) groups is 1. The summed E-state index contributed by atoms with van der Waals surface area (Å²) in [6, 6.07) is 6.06. The summed E-state index contributed by atoms with van der Waals surface area (Å²) >= 11 is 0. The molecule has 0 heterocycles. The third-order valence-corrected chi connectivity index (χ3v) is 3.16. The summed E-state index contributed by atoms with van der Waals surface area (Å²) in [5.74, 6) is -0.317. The molecule has 1 aromatic rings. The number of carboxylic acids is 1. The Hall–Kier alpha value is -3.12. The van der Waals surface area contributed by atoms with Crippen LogP contribution in [0.3, 0.4) is 0 Å². The zero-order valence-electron chi connectivity index (χ0n) is 15.3. The highest BCUT2D eigenvalue weighted by molar-refractivity contribution is 5.98. The number of benzene rings is 1. The SMILES string of the molecule is C=CCC(=C/C=C/C(=C)OC)/C(C)=N\CN.Nc1ccc(C(=O)O)cc1. The van der Waals surface area contributed by atoms with Gasteiger partial charge in [-0.2, -0.15) is 0 Å². The van der Waals surface area contributed by atoms with Crippen molar-refractivity contribution in [3.63, 3.8) is 0 Å². The number of ether oxygens (including phenoxy) is 1. The Kier molecular flexibility index (Phi) is 11.6. The van der Waals surface area contributed by atoms with Crippen LogP contribution < -0.4 is 11.5 Å². The third kappa shape index (κ3) is 9.89. The zero-order valence-corrected chi connectivity index (χ0v) is 15.3. The molecule has 0 fully saturated rings. The fraction of sp³-hybridized carbons (Fsp3) is 0.200. The third-order valence-electron chi connectivity index (χ3n) is 3.16. The van der Waals surface area contributed by atoms with Crippen LogP contribution in [0.15, 0.2) is 78.1 Å². The average molecular weight is 357 g/mol. The molecule has 0 radical (unpaired) electrons. The Labute approximate surface area is 154 Å². The molecule has 0 atom stereocenters. The number of carboxylic acid groups (broad SMARTS) is 1. The summed E-state index contributed by atoms with van der Waals surface area (Å²) < 4.78 is 4.92. The number of nitrogen functional groups attached to an aromatic ring is 1. The molecule has 5 N–H and O–H groups in total. The molecule has 1 rings (SSSR count). The molecule has 6 heteroatoms. The molecule has 0 saturated heterocycles. The van der Waals surface area contributed by atoms with Crippen molar-refractivity contribution in [3.05, 3.63) is 78.6 Å². The van der Waals surface area contributed by atoms with Crippen LogP contribution in [0.4, 0.5) is 5.69 Å². The smallest absolute Gasteiger partial charge is 0.335 e. The molecule has 0 amide bonds. The van der Waals surface area contributed by atoms with E-state index in [2.05, 4.69) is 18.2 Å². The van der Waals surface area contributed by atoms with Gasteiger partial charge in [0.2, 0.25) is 0 Å². The van der Waals surface area contributed by atoms with E-state index in [-0.39, 0.29) is 5.56 Å². The fourth-order valence-electron chi connectivity index (χ4n) is 1.70. The van der Waals surface area contributed by atoms with Crippen LogP contribution in [0.2, 0.25) is 0 Å². The highest BCUT2D eigenvalue weighted by Crippen LogP contribution is 2.06. The first-order valence-corrected chi connectivity index (χ1v) is 7.87. The van der Waals surface area contributed by atoms with Crippen LogP contribution in [0.25, 0.3) is 0 Å². The minimum atomic E-state index is -0.931. The van der Waals surface area contributed by atoms with Gasteiger partial charge in [0.25, 0.3) is 0 Å². The number of anilines is 1. The van der Waals surface area contributed by atoms with E-state index in [0.717, 1.165) is 17.7 Å². The van der Waals surface area contributed by atoms with Gasteiger partial charge in [0.1, 0.15) is 5.76 Å². The maximum absolute atomic E-state index is 10.3. The van der Waals surface area contributed by atoms with Crippen LogP contribution >= 0.6 is 0 Å². The van der Waals surface area contributed by atoms with Gasteiger partial charge >= 0.3 is 5.97 Å². The molecule has 0 saturated carbocycles. The lowest BCUT2D eigenvalue weighted by molar-refractivity contribution is 0.0697. The molecule has 0 aliphatic heterocycles. The van der Waals surface area contributed by atoms with E-state index in [4.69, 9.17) is 21.3 Å². The summed E-state index contributed by atoms with van der Waals surface area (Å²) in [6.45, 7) is 9.63. The summed E-state index contributed by atoms with van der Waals surface area (Å²) in [5, 5.41) is 8.43. The normalized spacial score (nSPS) is 11.5. The number of aliphatic imine (C=N–C) groups is 1. The summed E-state index contributed by atoms with van der Waals surface area (Å²) in [6.07, 6.45) is 8.22. The van der Waals surface area contributed by atoms with E-state index in [1.54, 1.807) is 25.3 Å². The second kappa shape index (κ2) is 13.2. The standard InChI is InChI=1S/C13H20N2O.C7H7NO2/c1-5-7-13(12(3)15-10-14)9-6-8-11(2)16-4;8-6-3-1-5(2-4-6)7(9)10/h5-6,8-9H,1-2,7,10,14H2,3-4H3;1-4H,8H2,(H,9,10)/b8-6+,13-9-,15-12-;. The van der Waals surface area contributed by atoms with E-state index < -0.39 is 5.97 Å². The van der Waals surface area contributed by atoms with Crippen molar-refractivity contribution in [2.75, 3.05) is 19.5 Å². The number of hydrogen-bond donors (Lipinski definition) is 3. The number of nitrogens with two attached hydrogens (primary N) is 2. The Morgan fingerprint density at radius 1 is 1.35 bits per heavy atom. The predicted octanol–water partition coefficient (Wildman–Crippen LogP) is 3.55. The number of methoxy groups -OCH3 is 1. The number of aromatic carboxylic acids is 1. The molecule has 1 aromatic carbocycles. The topological polar surface area (TPSA) is 111 Å². The number of allylic oxidation sites excluding steroid dienone is 5. The van der Waals surface area contributed by atoms with Crippen molar-refractivity contribution in [1.82, 2.24) is 0 Å². The Morgan fingerprint density at radius 2 is 1.96 bits per heavy atom. The maximum Gasteiger partial charge on any atom is 0.335 e. The fourth-order valence-corrected chi connectivity index (χ4v) is 1.70. The van der Waals surface area contributed by atoms with Gasteiger partial charge in [0, 0.05) is 11.4 Å². The van der Waals surface area contributed by atoms with Gasteiger partial charge in [-0.3, -0.25) is 4.99 Å². The Balaban J connectivity index is 0.000000531. The van der Waals surface area contributed by atoms with Gasteiger partial charge in [0.05, 0.1) is 19.3 Å². The average Bonchev–Trinajstić information content (AvgIpc) is 2.62. The molecule has 6 nitrogen and oxygen atoms in total. The second-order valence-corrected chi connectivity index (χ2v) is 5.07. The van der Waals surface area contributed by atoms with Gasteiger partial charge in [-0.05, 0) is 49.3 Å². The van der Waals surface area contributed by atoms with Crippen molar-refractivity contribution in [2.24, 2.45) is 10.7 Å². The van der Waals surface area contributed by atoms with Gasteiger partial charge < -0.3 is 21.3 Å². The molecule has 0 aromatic heterocycles. The summed E-state index contributed by atoms with van der Waals surface area (Å²) in [7, 11) is 1.59. The highest BCUT2D eigenvalue weighted by Gasteiger charge is 1.99. The van der Waals surface area contributed by atoms with Crippen molar-refractivity contribution in [2.45, 2.75) is 13.3 Å². The van der Waals surface area contributed by atoms with Crippen LogP contribution in [0, 0.1) is 0 Å². The van der Waals surface area contributed by atoms with Crippen LogP contribution in [-0.2, 0) is 4.74 Å². The van der Waals surface area contributed by atoms with Gasteiger partial charge in [-0.15, -0.1) is 6.58 Å². The van der Waals surface area contributed by atoms with E-state index in [9.17, 15) is 4.79 Å². The molecule has 26 heavy (non-hydrogen) atoms. The molecule has 140 valence electrons. The molecule has 0 aliphatic carbocycles. The van der Waals surface area contributed by atoms with Crippen molar-refractivity contribution in [1.29, 1.82) is 0 Å².